The van der Waals surface area contributed by atoms with Crippen molar-refractivity contribution in [1.82, 2.24) is 5.32 Å². The van der Waals surface area contributed by atoms with Gasteiger partial charge in [-0.2, -0.15) is 0 Å². The summed E-state index contributed by atoms with van der Waals surface area (Å²) in [5.74, 6) is 0. The summed E-state index contributed by atoms with van der Waals surface area (Å²) < 4.78 is 0. The van der Waals surface area contributed by atoms with Crippen LogP contribution < -0.4 is 5.32 Å². The van der Waals surface area contributed by atoms with Crippen LogP contribution >= 0.6 is 11.8 Å². The van der Waals surface area contributed by atoms with Crippen molar-refractivity contribution in [3.05, 3.63) is 34.9 Å². The molecule has 0 saturated carbocycles. The van der Waals surface area contributed by atoms with Gasteiger partial charge in [0.25, 0.3) is 0 Å². The molecule has 1 heterocycles. The topological polar surface area (TPSA) is 12.0 Å². The molecule has 2 heteroatoms. The zero-order valence-corrected chi connectivity index (χ0v) is 9.82. The molecule has 76 valence electrons. The number of aryl methyl sites for hydroxylation is 2. The zero-order chi connectivity index (χ0) is 10.1. The Labute approximate surface area is 90.3 Å². The minimum atomic E-state index is 0.506. The highest BCUT2D eigenvalue weighted by atomic mass is 32.2. The molecule has 0 aromatic heterocycles. The van der Waals surface area contributed by atoms with E-state index in [1.165, 1.54) is 16.7 Å². The molecule has 1 saturated heterocycles. The number of benzene rings is 1. The number of nitrogens with one attached hydrogen (secondary N) is 1. The molecule has 0 spiro atoms. The molecule has 1 aliphatic heterocycles. The monoisotopic (exact) mass is 207 g/mol. The van der Waals surface area contributed by atoms with E-state index in [2.05, 4.69) is 44.3 Å². The van der Waals surface area contributed by atoms with Gasteiger partial charge in [0.2, 0.25) is 0 Å². The molecule has 0 amide bonds. The summed E-state index contributed by atoms with van der Waals surface area (Å²) >= 11 is 2.04. The third-order valence-corrected chi connectivity index (χ3v) is 4.07. The average molecular weight is 207 g/mol. The van der Waals surface area contributed by atoms with Gasteiger partial charge in [-0.15, -0.1) is 11.8 Å². The molecule has 1 aromatic carbocycles. The average Bonchev–Trinajstić information content (AvgIpc) is 2.51. The van der Waals surface area contributed by atoms with E-state index < -0.39 is 0 Å². The van der Waals surface area contributed by atoms with Gasteiger partial charge in [-0.05, 0) is 30.5 Å². The van der Waals surface area contributed by atoms with Crippen molar-refractivity contribution in [3.8, 4) is 0 Å². The van der Waals surface area contributed by atoms with E-state index in [9.17, 15) is 0 Å². The molecule has 2 atom stereocenters. The standard InChI is InChI=1S/C12H17NS/c1-8-5-4-6-9(2)11(8)12-13-7-10(3)14-12/h4-6,10,12-13H,7H2,1-3H3. The minimum Gasteiger partial charge on any atom is -0.301 e. The second kappa shape index (κ2) is 3.95. The second-order valence-corrected chi connectivity index (χ2v) is 5.59. The van der Waals surface area contributed by atoms with E-state index in [0.29, 0.717) is 5.37 Å². The maximum absolute atomic E-state index is 3.57. The van der Waals surface area contributed by atoms with Gasteiger partial charge in [0, 0.05) is 11.8 Å². The quantitative estimate of drug-likeness (QED) is 0.759. The molecule has 1 nitrogen and oxygen atoms in total. The molecule has 0 radical (unpaired) electrons. The van der Waals surface area contributed by atoms with Gasteiger partial charge >= 0.3 is 0 Å². The van der Waals surface area contributed by atoms with Crippen LogP contribution in [0.25, 0.3) is 0 Å². The van der Waals surface area contributed by atoms with Gasteiger partial charge in [0.1, 0.15) is 0 Å². The summed E-state index contributed by atoms with van der Waals surface area (Å²) in [6.07, 6.45) is 0. The summed E-state index contributed by atoms with van der Waals surface area (Å²) in [5, 5.41) is 4.81. The smallest absolute Gasteiger partial charge is 0.0798 e. The summed E-state index contributed by atoms with van der Waals surface area (Å²) in [5.41, 5.74) is 4.30. The second-order valence-electron chi connectivity index (χ2n) is 4.04. The first-order valence-corrected chi connectivity index (χ1v) is 6.07. The van der Waals surface area contributed by atoms with Crippen LogP contribution in [0, 0.1) is 13.8 Å². The summed E-state index contributed by atoms with van der Waals surface area (Å²) in [4.78, 5) is 0. The third kappa shape index (κ3) is 1.82. The fourth-order valence-corrected chi connectivity index (χ4v) is 3.37. The Hall–Kier alpha value is -0.470. The molecule has 2 rings (SSSR count). The molecule has 0 aliphatic carbocycles. The highest BCUT2D eigenvalue weighted by Crippen LogP contribution is 2.37. The van der Waals surface area contributed by atoms with Gasteiger partial charge in [0.15, 0.2) is 0 Å². The molecule has 2 unspecified atom stereocenters. The molecule has 0 bridgehead atoms. The van der Waals surface area contributed by atoms with Crippen molar-refractivity contribution in [2.75, 3.05) is 6.54 Å². The highest BCUT2D eigenvalue weighted by molar-refractivity contribution is 8.00. The van der Waals surface area contributed by atoms with Crippen LogP contribution in [0.2, 0.25) is 0 Å². The van der Waals surface area contributed by atoms with Crippen LogP contribution in [-0.2, 0) is 0 Å². The molecule has 1 N–H and O–H groups in total. The number of hydrogen-bond acceptors (Lipinski definition) is 2. The minimum absolute atomic E-state index is 0.506. The number of rotatable bonds is 1. The largest absolute Gasteiger partial charge is 0.301 e. The predicted octanol–water partition coefficient (Wildman–Crippen LogP) is 3.03. The van der Waals surface area contributed by atoms with Crippen molar-refractivity contribution >= 4 is 11.8 Å². The van der Waals surface area contributed by atoms with Gasteiger partial charge in [0.05, 0.1) is 5.37 Å². The summed E-state index contributed by atoms with van der Waals surface area (Å²) in [6, 6.07) is 6.54. The Morgan fingerprint density at radius 1 is 1.29 bits per heavy atom. The zero-order valence-electron chi connectivity index (χ0n) is 9.00. The van der Waals surface area contributed by atoms with E-state index in [4.69, 9.17) is 0 Å². The van der Waals surface area contributed by atoms with Crippen molar-refractivity contribution in [2.45, 2.75) is 31.4 Å². The van der Waals surface area contributed by atoms with E-state index in [1.54, 1.807) is 0 Å². The molecule has 1 fully saturated rings. The van der Waals surface area contributed by atoms with Crippen molar-refractivity contribution in [2.24, 2.45) is 0 Å². The van der Waals surface area contributed by atoms with E-state index in [1.807, 2.05) is 11.8 Å². The Morgan fingerprint density at radius 2 is 1.93 bits per heavy atom. The molecular weight excluding hydrogens is 190 g/mol. The molecule has 1 aliphatic rings. The first-order chi connectivity index (χ1) is 6.68. The lowest BCUT2D eigenvalue weighted by Gasteiger charge is -2.16. The van der Waals surface area contributed by atoms with Crippen LogP contribution in [0.15, 0.2) is 18.2 Å². The summed E-state index contributed by atoms with van der Waals surface area (Å²) in [6.45, 7) is 7.81. The molecule has 1 aromatic rings. The number of hydrogen-bond donors (Lipinski definition) is 1. The third-order valence-electron chi connectivity index (χ3n) is 2.76. The fraction of sp³-hybridized carbons (Fsp3) is 0.500. The Balaban J connectivity index is 2.31. The predicted molar refractivity (Wildman–Crippen MR) is 63.7 cm³/mol. The van der Waals surface area contributed by atoms with Crippen LogP contribution in [0.3, 0.4) is 0 Å². The lowest BCUT2D eigenvalue weighted by atomic mass is 10.0. The SMILES string of the molecule is Cc1cccc(C)c1C1NCC(C)S1. The van der Waals surface area contributed by atoms with E-state index in [-0.39, 0.29) is 0 Å². The van der Waals surface area contributed by atoms with E-state index in [0.717, 1.165) is 11.8 Å². The Kier molecular flexibility index (Phi) is 2.84. The number of thioether (sulfide) groups is 1. The molecule has 14 heavy (non-hydrogen) atoms. The highest BCUT2D eigenvalue weighted by Gasteiger charge is 2.24. The van der Waals surface area contributed by atoms with Crippen LogP contribution in [-0.4, -0.2) is 11.8 Å². The Bertz CT molecular complexity index is 315. The summed E-state index contributed by atoms with van der Waals surface area (Å²) in [7, 11) is 0. The molecular formula is C12H17NS. The fourth-order valence-electron chi connectivity index (χ4n) is 2.01. The van der Waals surface area contributed by atoms with Gasteiger partial charge in [-0.1, -0.05) is 25.1 Å². The van der Waals surface area contributed by atoms with Crippen LogP contribution in [0.5, 0.6) is 0 Å². The van der Waals surface area contributed by atoms with Crippen LogP contribution in [0.1, 0.15) is 29.0 Å². The van der Waals surface area contributed by atoms with Crippen LogP contribution in [0.4, 0.5) is 0 Å². The lowest BCUT2D eigenvalue weighted by Crippen LogP contribution is -2.15. The maximum atomic E-state index is 3.57. The van der Waals surface area contributed by atoms with Gasteiger partial charge in [-0.25, -0.2) is 0 Å². The van der Waals surface area contributed by atoms with Gasteiger partial charge in [-0.3, -0.25) is 0 Å². The Morgan fingerprint density at radius 3 is 2.43 bits per heavy atom. The lowest BCUT2D eigenvalue weighted by molar-refractivity contribution is 0.712. The van der Waals surface area contributed by atoms with Gasteiger partial charge < -0.3 is 5.32 Å². The first-order valence-electron chi connectivity index (χ1n) is 5.13. The van der Waals surface area contributed by atoms with Crippen molar-refractivity contribution < 1.29 is 0 Å². The maximum Gasteiger partial charge on any atom is 0.0798 e. The van der Waals surface area contributed by atoms with E-state index >= 15 is 0 Å². The first kappa shape index (κ1) is 10.1. The normalized spacial score (nSPS) is 26.8. The van der Waals surface area contributed by atoms with Crippen molar-refractivity contribution in [3.63, 3.8) is 0 Å². The van der Waals surface area contributed by atoms with Crippen molar-refractivity contribution in [1.29, 1.82) is 0 Å².